The van der Waals surface area contributed by atoms with Crippen LogP contribution in [0.1, 0.15) is 20.3 Å². The van der Waals surface area contributed by atoms with E-state index in [1.807, 2.05) is 4.90 Å². The van der Waals surface area contributed by atoms with Crippen molar-refractivity contribution in [2.24, 2.45) is 0 Å². The van der Waals surface area contributed by atoms with Crippen LogP contribution in [0.25, 0.3) is 0 Å². The molecule has 1 fully saturated rings. The first-order chi connectivity index (χ1) is 8.11. The molecule has 0 aliphatic carbocycles. The lowest BCUT2D eigenvalue weighted by Crippen LogP contribution is -2.35. The zero-order valence-corrected chi connectivity index (χ0v) is 11.3. The highest BCUT2D eigenvalue weighted by atomic mass is 16.2. The number of urea groups is 1. The smallest absolute Gasteiger partial charge is 0.317 e. The summed E-state index contributed by atoms with van der Waals surface area (Å²) in [6.07, 6.45) is 1.15. The van der Waals surface area contributed by atoms with Crippen molar-refractivity contribution in [3.8, 4) is 0 Å². The normalized spacial score (nSPS) is 16.1. The minimum absolute atomic E-state index is 0.0753. The van der Waals surface area contributed by atoms with E-state index < -0.39 is 0 Å². The van der Waals surface area contributed by atoms with Crippen molar-refractivity contribution in [2.45, 2.75) is 26.3 Å². The van der Waals surface area contributed by atoms with Crippen LogP contribution in [-0.2, 0) is 0 Å². The van der Waals surface area contributed by atoms with Gasteiger partial charge in [0.2, 0.25) is 0 Å². The number of hydrogen-bond donors (Lipinski definition) is 2. The van der Waals surface area contributed by atoms with Gasteiger partial charge in [0.05, 0.1) is 0 Å². The number of nitrogens with one attached hydrogen (secondary N) is 2. The van der Waals surface area contributed by atoms with E-state index in [9.17, 15) is 4.79 Å². The van der Waals surface area contributed by atoms with E-state index in [0.717, 1.165) is 45.7 Å². The van der Waals surface area contributed by atoms with Gasteiger partial charge in [-0.1, -0.05) is 0 Å². The van der Waals surface area contributed by atoms with E-state index in [-0.39, 0.29) is 6.03 Å². The lowest BCUT2D eigenvalue weighted by Gasteiger charge is -2.21. The highest BCUT2D eigenvalue weighted by molar-refractivity contribution is 5.76. The summed E-state index contributed by atoms with van der Waals surface area (Å²) in [4.78, 5) is 15.4. The summed E-state index contributed by atoms with van der Waals surface area (Å²) in [6.45, 7) is 9.89. The van der Waals surface area contributed by atoms with Crippen LogP contribution in [0.3, 0.4) is 0 Å². The molecule has 1 aliphatic heterocycles. The Labute approximate surface area is 105 Å². The summed E-state index contributed by atoms with van der Waals surface area (Å²) in [7, 11) is 2.15. The van der Waals surface area contributed by atoms with Gasteiger partial charge in [-0.15, -0.1) is 0 Å². The maximum Gasteiger partial charge on any atom is 0.317 e. The van der Waals surface area contributed by atoms with E-state index in [1.54, 1.807) is 0 Å². The second-order valence-electron chi connectivity index (χ2n) is 4.90. The molecule has 1 rings (SSSR count). The second kappa shape index (κ2) is 7.50. The number of nitrogens with zero attached hydrogens (tertiary/aromatic N) is 2. The summed E-state index contributed by atoms with van der Waals surface area (Å²) in [5.41, 5.74) is 0. The van der Waals surface area contributed by atoms with Crippen molar-refractivity contribution in [1.82, 2.24) is 20.4 Å². The van der Waals surface area contributed by atoms with Gasteiger partial charge in [0.15, 0.2) is 0 Å². The highest BCUT2D eigenvalue weighted by Gasteiger charge is 2.17. The van der Waals surface area contributed by atoms with Crippen LogP contribution in [0.2, 0.25) is 0 Å². The molecule has 0 bridgehead atoms. The molecule has 0 saturated carbocycles. The van der Waals surface area contributed by atoms with Gasteiger partial charge in [-0.2, -0.15) is 0 Å². The van der Waals surface area contributed by atoms with Crippen molar-refractivity contribution >= 4 is 6.03 Å². The van der Waals surface area contributed by atoms with Gasteiger partial charge in [-0.05, 0) is 40.4 Å². The van der Waals surface area contributed by atoms with E-state index >= 15 is 0 Å². The Morgan fingerprint density at radius 3 is 2.82 bits per heavy atom. The van der Waals surface area contributed by atoms with Gasteiger partial charge < -0.3 is 20.4 Å². The summed E-state index contributed by atoms with van der Waals surface area (Å²) < 4.78 is 0. The Balaban J connectivity index is 1.92. The van der Waals surface area contributed by atoms with Crippen LogP contribution in [0, 0.1) is 0 Å². The third-order valence-electron chi connectivity index (χ3n) is 3.25. The number of hydrogen-bond acceptors (Lipinski definition) is 3. The predicted molar refractivity (Wildman–Crippen MR) is 70.2 cm³/mol. The van der Waals surface area contributed by atoms with Gasteiger partial charge in [-0.25, -0.2) is 4.79 Å². The van der Waals surface area contributed by atoms with Gasteiger partial charge in [0.1, 0.15) is 0 Å². The first-order valence-electron chi connectivity index (χ1n) is 6.55. The molecule has 0 unspecified atom stereocenters. The van der Waals surface area contributed by atoms with Gasteiger partial charge >= 0.3 is 6.03 Å². The van der Waals surface area contributed by atoms with Crippen LogP contribution in [0.5, 0.6) is 0 Å². The monoisotopic (exact) mass is 242 g/mol. The molecule has 0 aromatic rings. The zero-order valence-electron chi connectivity index (χ0n) is 11.3. The molecule has 0 spiro atoms. The molecule has 2 N–H and O–H groups in total. The first-order valence-corrected chi connectivity index (χ1v) is 6.55. The third-order valence-corrected chi connectivity index (χ3v) is 3.25. The Bertz CT molecular complexity index is 233. The first kappa shape index (κ1) is 14.3. The lowest BCUT2D eigenvalue weighted by molar-refractivity contribution is 0.217. The fourth-order valence-corrected chi connectivity index (χ4v) is 1.78. The Morgan fingerprint density at radius 2 is 2.24 bits per heavy atom. The SMILES string of the molecule is CC(C)N(C)CCCNCCN1CCNC1=O. The lowest BCUT2D eigenvalue weighted by atomic mass is 10.3. The van der Waals surface area contributed by atoms with Crippen molar-refractivity contribution in [1.29, 1.82) is 0 Å². The van der Waals surface area contributed by atoms with Gasteiger partial charge in [0, 0.05) is 32.2 Å². The fourth-order valence-electron chi connectivity index (χ4n) is 1.78. The molecule has 0 aromatic carbocycles. The summed E-state index contributed by atoms with van der Waals surface area (Å²) in [5.74, 6) is 0. The molecule has 17 heavy (non-hydrogen) atoms. The van der Waals surface area contributed by atoms with Crippen LogP contribution < -0.4 is 10.6 Å². The molecule has 5 nitrogen and oxygen atoms in total. The third kappa shape index (κ3) is 5.37. The molecule has 5 heteroatoms. The van der Waals surface area contributed by atoms with Crippen molar-refractivity contribution < 1.29 is 4.79 Å². The number of carbonyl (C=O) groups excluding carboxylic acids is 1. The topological polar surface area (TPSA) is 47.6 Å². The Morgan fingerprint density at radius 1 is 1.47 bits per heavy atom. The van der Waals surface area contributed by atoms with Gasteiger partial charge in [-0.3, -0.25) is 0 Å². The summed E-state index contributed by atoms with van der Waals surface area (Å²) in [6, 6.07) is 0.689. The number of carbonyl (C=O) groups is 1. The highest BCUT2D eigenvalue weighted by Crippen LogP contribution is 1.95. The van der Waals surface area contributed by atoms with Crippen molar-refractivity contribution in [3.05, 3.63) is 0 Å². The van der Waals surface area contributed by atoms with Crippen LogP contribution in [0.4, 0.5) is 4.79 Å². The Hall–Kier alpha value is -0.810. The molecule has 1 aliphatic rings. The minimum Gasteiger partial charge on any atom is -0.336 e. The van der Waals surface area contributed by atoms with Crippen LogP contribution >= 0.6 is 0 Å². The van der Waals surface area contributed by atoms with E-state index in [4.69, 9.17) is 0 Å². The standard InChI is InChI=1S/C12H26N4O/c1-11(2)15(3)8-4-5-13-6-9-16-10-7-14-12(16)17/h11,13H,4-10H2,1-3H3,(H,14,17). The molecule has 2 amide bonds. The van der Waals surface area contributed by atoms with Gasteiger partial charge in [0.25, 0.3) is 0 Å². The van der Waals surface area contributed by atoms with E-state index in [0.29, 0.717) is 6.04 Å². The zero-order chi connectivity index (χ0) is 12.7. The summed E-state index contributed by atoms with van der Waals surface area (Å²) >= 11 is 0. The largest absolute Gasteiger partial charge is 0.336 e. The predicted octanol–water partition coefficient (Wildman–Crippen LogP) is 0.332. The molecule has 0 radical (unpaired) electrons. The molecular formula is C12H26N4O. The quantitative estimate of drug-likeness (QED) is 0.603. The second-order valence-corrected chi connectivity index (χ2v) is 4.90. The average molecular weight is 242 g/mol. The average Bonchev–Trinajstić information content (AvgIpc) is 2.68. The van der Waals surface area contributed by atoms with Crippen molar-refractivity contribution in [2.75, 3.05) is 46.3 Å². The summed E-state index contributed by atoms with van der Waals surface area (Å²) in [5, 5.41) is 6.18. The van der Waals surface area contributed by atoms with Crippen LogP contribution in [0.15, 0.2) is 0 Å². The van der Waals surface area contributed by atoms with E-state index in [2.05, 4.69) is 36.4 Å². The minimum atomic E-state index is 0.0753. The molecule has 1 heterocycles. The number of amides is 2. The molecule has 1 saturated heterocycles. The maximum atomic E-state index is 11.2. The maximum absolute atomic E-state index is 11.2. The fraction of sp³-hybridized carbons (Fsp3) is 0.917. The Kier molecular flexibility index (Phi) is 6.29. The molecule has 0 atom stereocenters. The number of rotatable bonds is 8. The van der Waals surface area contributed by atoms with Crippen LogP contribution in [-0.4, -0.2) is 68.2 Å². The molecule has 0 aromatic heterocycles. The molecule has 100 valence electrons. The van der Waals surface area contributed by atoms with Crippen molar-refractivity contribution in [3.63, 3.8) is 0 Å². The van der Waals surface area contributed by atoms with E-state index in [1.165, 1.54) is 0 Å². The molecular weight excluding hydrogens is 216 g/mol.